The number of rotatable bonds is 4. The van der Waals surface area contributed by atoms with E-state index in [1.54, 1.807) is 6.20 Å². The molecule has 0 aliphatic heterocycles. The molecule has 0 amide bonds. The van der Waals surface area contributed by atoms with E-state index in [1.165, 1.54) is 4.90 Å². The highest BCUT2D eigenvalue weighted by atomic mass is 35.5. The predicted molar refractivity (Wildman–Crippen MR) is 69.1 cm³/mol. The number of nitrogens with zero attached hydrogens (tertiary/aromatic N) is 2. The summed E-state index contributed by atoms with van der Waals surface area (Å²) in [5.74, 6) is 1.00. The van der Waals surface area contributed by atoms with Gasteiger partial charge >= 0.3 is 0 Å². The quantitative estimate of drug-likeness (QED) is 0.774. The van der Waals surface area contributed by atoms with E-state index >= 15 is 0 Å². The van der Waals surface area contributed by atoms with Gasteiger partial charge in [0, 0.05) is 10.6 Å². The average Bonchev–Trinajstić information content (AvgIpc) is 2.62. The summed E-state index contributed by atoms with van der Waals surface area (Å²) < 4.78 is 1.94. The predicted octanol–water partition coefficient (Wildman–Crippen LogP) is 3.64. The van der Waals surface area contributed by atoms with Crippen molar-refractivity contribution in [2.75, 3.05) is 5.75 Å². The van der Waals surface area contributed by atoms with Gasteiger partial charge in [-0.1, -0.05) is 29.8 Å². The maximum Gasteiger partial charge on any atom is 0.0814 e. The van der Waals surface area contributed by atoms with Gasteiger partial charge in [0.15, 0.2) is 0 Å². The number of aromatic nitrogens is 2. The lowest BCUT2D eigenvalue weighted by molar-refractivity contribution is 0.646. The first-order valence-electron chi connectivity index (χ1n) is 5.13. The Morgan fingerprint density at radius 1 is 1.31 bits per heavy atom. The lowest BCUT2D eigenvalue weighted by Gasteiger charge is -2.04. The molecule has 1 heterocycles. The molecule has 0 saturated carbocycles. The summed E-state index contributed by atoms with van der Waals surface area (Å²) in [6.07, 6.45) is 1.70. The SMILES string of the molecule is Cc1c(Cl)cnn1CCSc1ccccc1. The maximum atomic E-state index is 5.94. The Morgan fingerprint density at radius 3 is 2.69 bits per heavy atom. The second kappa shape index (κ2) is 5.41. The van der Waals surface area contributed by atoms with Gasteiger partial charge in [0.25, 0.3) is 0 Å². The molecule has 84 valence electrons. The highest BCUT2D eigenvalue weighted by Crippen LogP contribution is 2.18. The first-order chi connectivity index (χ1) is 7.77. The number of halogens is 1. The topological polar surface area (TPSA) is 17.8 Å². The lowest BCUT2D eigenvalue weighted by atomic mass is 10.4. The molecule has 0 aliphatic carbocycles. The first kappa shape index (κ1) is 11.6. The van der Waals surface area contributed by atoms with Gasteiger partial charge in [-0.2, -0.15) is 5.10 Å². The Balaban J connectivity index is 1.87. The minimum atomic E-state index is 0.740. The molecule has 4 heteroatoms. The summed E-state index contributed by atoms with van der Waals surface area (Å²) in [5.41, 5.74) is 1.04. The molecule has 0 radical (unpaired) electrons. The van der Waals surface area contributed by atoms with Crippen LogP contribution >= 0.6 is 23.4 Å². The Hall–Kier alpha value is -0.930. The fraction of sp³-hybridized carbons (Fsp3) is 0.250. The van der Waals surface area contributed by atoms with Crippen molar-refractivity contribution in [2.24, 2.45) is 0 Å². The van der Waals surface area contributed by atoms with Crippen molar-refractivity contribution in [3.05, 3.63) is 47.2 Å². The van der Waals surface area contributed by atoms with E-state index in [0.29, 0.717) is 0 Å². The minimum Gasteiger partial charge on any atom is -0.267 e. The number of hydrogen-bond donors (Lipinski definition) is 0. The van der Waals surface area contributed by atoms with Crippen LogP contribution in [0, 0.1) is 6.92 Å². The zero-order valence-electron chi connectivity index (χ0n) is 9.06. The van der Waals surface area contributed by atoms with Gasteiger partial charge in [-0.05, 0) is 19.1 Å². The third kappa shape index (κ3) is 2.80. The van der Waals surface area contributed by atoms with Crippen LogP contribution in [0.1, 0.15) is 5.69 Å². The molecule has 0 aliphatic rings. The van der Waals surface area contributed by atoms with Crippen LogP contribution in [0.5, 0.6) is 0 Å². The lowest BCUT2D eigenvalue weighted by Crippen LogP contribution is -2.04. The van der Waals surface area contributed by atoms with Gasteiger partial charge in [0.1, 0.15) is 0 Å². The van der Waals surface area contributed by atoms with Crippen molar-refractivity contribution in [3.8, 4) is 0 Å². The van der Waals surface area contributed by atoms with E-state index in [4.69, 9.17) is 11.6 Å². The highest BCUT2D eigenvalue weighted by Gasteiger charge is 2.03. The summed E-state index contributed by atoms with van der Waals surface area (Å²) in [7, 11) is 0. The van der Waals surface area contributed by atoms with Crippen molar-refractivity contribution in [3.63, 3.8) is 0 Å². The Kier molecular flexibility index (Phi) is 3.91. The molecule has 2 aromatic rings. The smallest absolute Gasteiger partial charge is 0.0814 e. The molecule has 0 fully saturated rings. The van der Waals surface area contributed by atoms with E-state index in [9.17, 15) is 0 Å². The Labute approximate surface area is 105 Å². The fourth-order valence-corrected chi connectivity index (χ4v) is 2.41. The van der Waals surface area contributed by atoms with Crippen LogP contribution in [0.25, 0.3) is 0 Å². The molecule has 16 heavy (non-hydrogen) atoms. The second-order valence-corrected chi connectivity index (χ2v) is 5.04. The minimum absolute atomic E-state index is 0.740. The summed E-state index contributed by atoms with van der Waals surface area (Å²) in [5, 5.41) is 4.96. The van der Waals surface area contributed by atoms with Gasteiger partial charge in [0.05, 0.1) is 23.5 Å². The second-order valence-electron chi connectivity index (χ2n) is 3.46. The van der Waals surface area contributed by atoms with Gasteiger partial charge in [-0.3, -0.25) is 4.68 Å². The molecule has 2 nitrogen and oxygen atoms in total. The average molecular weight is 253 g/mol. The van der Waals surface area contributed by atoms with Crippen molar-refractivity contribution >= 4 is 23.4 Å². The standard InChI is InChI=1S/C12H13ClN2S/c1-10-12(13)9-14-15(10)7-8-16-11-5-3-2-4-6-11/h2-6,9H,7-8H2,1H3. The third-order valence-corrected chi connectivity index (χ3v) is 3.72. The van der Waals surface area contributed by atoms with Crippen molar-refractivity contribution in [2.45, 2.75) is 18.4 Å². The van der Waals surface area contributed by atoms with Gasteiger partial charge in [-0.25, -0.2) is 0 Å². The molecule has 2 rings (SSSR count). The maximum absolute atomic E-state index is 5.94. The van der Waals surface area contributed by atoms with Gasteiger partial charge in [0.2, 0.25) is 0 Å². The number of benzene rings is 1. The molecule has 0 N–H and O–H groups in total. The Morgan fingerprint density at radius 2 is 2.06 bits per heavy atom. The molecular weight excluding hydrogens is 240 g/mol. The van der Waals surface area contributed by atoms with E-state index < -0.39 is 0 Å². The van der Waals surface area contributed by atoms with Crippen LogP contribution in [0.15, 0.2) is 41.4 Å². The molecular formula is C12H13ClN2S. The summed E-state index contributed by atoms with van der Waals surface area (Å²) >= 11 is 7.76. The van der Waals surface area contributed by atoms with Crippen LogP contribution in [0.4, 0.5) is 0 Å². The molecule has 0 atom stereocenters. The summed E-state index contributed by atoms with van der Waals surface area (Å²) in [6, 6.07) is 10.4. The third-order valence-electron chi connectivity index (χ3n) is 2.36. The van der Waals surface area contributed by atoms with Crippen LogP contribution in [-0.2, 0) is 6.54 Å². The van der Waals surface area contributed by atoms with Crippen molar-refractivity contribution < 1.29 is 0 Å². The van der Waals surface area contributed by atoms with Crippen LogP contribution < -0.4 is 0 Å². The zero-order valence-corrected chi connectivity index (χ0v) is 10.6. The number of thioether (sulfide) groups is 1. The molecule has 0 bridgehead atoms. The number of hydrogen-bond acceptors (Lipinski definition) is 2. The number of aryl methyl sites for hydroxylation is 1. The van der Waals surface area contributed by atoms with Crippen molar-refractivity contribution in [1.29, 1.82) is 0 Å². The first-order valence-corrected chi connectivity index (χ1v) is 6.49. The molecule has 0 unspecified atom stereocenters. The Bertz CT molecular complexity index is 453. The largest absolute Gasteiger partial charge is 0.267 e. The van der Waals surface area contributed by atoms with E-state index in [1.807, 2.05) is 29.4 Å². The van der Waals surface area contributed by atoms with Crippen LogP contribution in [-0.4, -0.2) is 15.5 Å². The highest BCUT2D eigenvalue weighted by molar-refractivity contribution is 7.99. The summed E-state index contributed by atoms with van der Waals surface area (Å²) in [6.45, 7) is 2.88. The molecule has 0 saturated heterocycles. The van der Waals surface area contributed by atoms with Crippen LogP contribution in [0.2, 0.25) is 5.02 Å². The zero-order chi connectivity index (χ0) is 11.4. The molecule has 0 spiro atoms. The van der Waals surface area contributed by atoms with E-state index in [-0.39, 0.29) is 0 Å². The molecule has 1 aromatic heterocycles. The normalized spacial score (nSPS) is 10.6. The van der Waals surface area contributed by atoms with Gasteiger partial charge in [-0.15, -0.1) is 11.8 Å². The van der Waals surface area contributed by atoms with Crippen molar-refractivity contribution in [1.82, 2.24) is 9.78 Å². The van der Waals surface area contributed by atoms with E-state index in [0.717, 1.165) is 23.0 Å². The molecule has 1 aromatic carbocycles. The fourth-order valence-electron chi connectivity index (χ4n) is 1.42. The van der Waals surface area contributed by atoms with Gasteiger partial charge < -0.3 is 0 Å². The van der Waals surface area contributed by atoms with E-state index in [2.05, 4.69) is 29.4 Å². The summed E-state index contributed by atoms with van der Waals surface area (Å²) in [4.78, 5) is 1.29. The monoisotopic (exact) mass is 252 g/mol. The van der Waals surface area contributed by atoms with Crippen LogP contribution in [0.3, 0.4) is 0 Å².